The van der Waals surface area contributed by atoms with E-state index in [1.54, 1.807) is 0 Å². The lowest BCUT2D eigenvalue weighted by Gasteiger charge is -2.37. The maximum Gasteiger partial charge on any atom is 0.226 e. The molecule has 16 heavy (non-hydrogen) atoms. The summed E-state index contributed by atoms with van der Waals surface area (Å²) in [6, 6.07) is -0.159. The molecule has 2 unspecified atom stereocenters. The highest BCUT2D eigenvalue weighted by Gasteiger charge is 2.46. The number of piperazine rings is 1. The number of sulfone groups is 1. The summed E-state index contributed by atoms with van der Waals surface area (Å²) in [5.41, 5.74) is 0. The quantitative estimate of drug-likeness (QED) is 0.642. The Morgan fingerprint density at radius 1 is 1.25 bits per heavy atom. The average molecular weight is 244 g/mol. The number of amides is 1. The molecule has 0 bridgehead atoms. The van der Waals surface area contributed by atoms with Crippen molar-refractivity contribution in [1.29, 1.82) is 0 Å². The van der Waals surface area contributed by atoms with E-state index in [9.17, 15) is 13.2 Å². The van der Waals surface area contributed by atoms with E-state index in [1.807, 2.05) is 4.90 Å². The zero-order valence-corrected chi connectivity index (χ0v) is 9.87. The molecule has 2 aliphatic heterocycles. The van der Waals surface area contributed by atoms with E-state index in [2.05, 4.69) is 5.32 Å². The number of nitrogens with one attached hydrogen (secondary N) is 1. The molecule has 1 N–H and O–H groups in total. The highest BCUT2D eigenvalue weighted by atomic mass is 32.2. The molecule has 1 amide bonds. The summed E-state index contributed by atoms with van der Waals surface area (Å²) in [7, 11) is -2.96. The number of carbonyl (C=O) groups excluding carboxylic acids is 1. The van der Waals surface area contributed by atoms with Crippen molar-refractivity contribution >= 4 is 15.7 Å². The molecular formula is C10H16N2O3S. The average Bonchev–Trinajstić information content (AvgIpc) is 2.98. The zero-order valence-electron chi connectivity index (χ0n) is 9.05. The minimum absolute atomic E-state index is 0.0403. The van der Waals surface area contributed by atoms with Gasteiger partial charge in [0.05, 0.1) is 17.5 Å². The molecule has 2 saturated heterocycles. The van der Waals surface area contributed by atoms with Gasteiger partial charge in [-0.25, -0.2) is 8.42 Å². The van der Waals surface area contributed by atoms with E-state index >= 15 is 0 Å². The first-order valence-corrected chi connectivity index (χ1v) is 7.63. The Hall–Kier alpha value is -0.620. The van der Waals surface area contributed by atoms with Gasteiger partial charge in [0.25, 0.3) is 0 Å². The second-order valence-electron chi connectivity index (χ2n) is 5.01. The number of nitrogens with zero attached hydrogens (tertiary/aromatic N) is 1. The largest absolute Gasteiger partial charge is 0.336 e. The summed E-state index contributed by atoms with van der Waals surface area (Å²) in [5, 5.41) is 3.21. The Kier molecular flexibility index (Phi) is 2.26. The first-order valence-electron chi connectivity index (χ1n) is 5.81. The number of hydrogen-bond acceptors (Lipinski definition) is 4. The lowest BCUT2D eigenvalue weighted by Crippen LogP contribution is -2.59. The number of rotatable bonds is 1. The van der Waals surface area contributed by atoms with Crippen LogP contribution in [0.2, 0.25) is 0 Å². The Balaban J connectivity index is 1.81. The summed E-state index contributed by atoms with van der Waals surface area (Å²) in [5.74, 6) is 0.686. The number of carbonyl (C=O) groups is 1. The predicted molar refractivity (Wildman–Crippen MR) is 58.7 cm³/mol. The van der Waals surface area contributed by atoms with Gasteiger partial charge >= 0.3 is 0 Å². The van der Waals surface area contributed by atoms with Crippen LogP contribution in [0.5, 0.6) is 0 Å². The van der Waals surface area contributed by atoms with Crippen molar-refractivity contribution in [2.75, 3.05) is 24.6 Å². The molecule has 3 fully saturated rings. The Labute approximate surface area is 95.1 Å². The van der Waals surface area contributed by atoms with E-state index in [0.29, 0.717) is 6.54 Å². The van der Waals surface area contributed by atoms with Gasteiger partial charge in [-0.1, -0.05) is 0 Å². The molecule has 0 aromatic heterocycles. The number of hydrogen-bond donors (Lipinski definition) is 1. The fraction of sp³-hybridized carbons (Fsp3) is 0.900. The van der Waals surface area contributed by atoms with Crippen LogP contribution in [0.15, 0.2) is 0 Å². The van der Waals surface area contributed by atoms with Crippen molar-refractivity contribution < 1.29 is 13.2 Å². The van der Waals surface area contributed by atoms with Crippen LogP contribution < -0.4 is 5.32 Å². The van der Waals surface area contributed by atoms with Gasteiger partial charge in [0.1, 0.15) is 0 Å². The maximum absolute atomic E-state index is 12.0. The predicted octanol–water partition coefficient (Wildman–Crippen LogP) is -1.01. The van der Waals surface area contributed by atoms with Crippen LogP contribution >= 0.6 is 0 Å². The molecule has 0 radical (unpaired) electrons. The monoisotopic (exact) mass is 244 g/mol. The van der Waals surface area contributed by atoms with Gasteiger partial charge < -0.3 is 10.2 Å². The molecule has 90 valence electrons. The van der Waals surface area contributed by atoms with E-state index in [4.69, 9.17) is 0 Å². The summed E-state index contributed by atoms with van der Waals surface area (Å²) in [6.45, 7) is 1.38. The third-order valence-electron chi connectivity index (χ3n) is 3.69. The van der Waals surface area contributed by atoms with Gasteiger partial charge in [0, 0.05) is 25.0 Å². The van der Waals surface area contributed by atoms with Gasteiger partial charge in [0.15, 0.2) is 9.84 Å². The Morgan fingerprint density at radius 2 is 2.00 bits per heavy atom. The van der Waals surface area contributed by atoms with Crippen LogP contribution in [0, 0.1) is 5.92 Å². The summed E-state index contributed by atoms with van der Waals surface area (Å²) < 4.78 is 23.1. The van der Waals surface area contributed by atoms with E-state index in [1.165, 1.54) is 0 Å². The standard InChI is InChI=1S/C10H16N2O3S/c13-10(7-1-2-7)12-4-3-11-8-5-16(14,15)6-9(8)12/h7-9,11H,1-6H2. The van der Waals surface area contributed by atoms with Crippen LogP contribution in [0.3, 0.4) is 0 Å². The van der Waals surface area contributed by atoms with E-state index < -0.39 is 9.84 Å². The second kappa shape index (κ2) is 3.43. The van der Waals surface area contributed by atoms with Crippen LogP contribution in [0.4, 0.5) is 0 Å². The fourth-order valence-corrected chi connectivity index (χ4v) is 4.66. The third kappa shape index (κ3) is 1.73. The zero-order chi connectivity index (χ0) is 11.3. The van der Waals surface area contributed by atoms with E-state index in [-0.39, 0.29) is 35.4 Å². The second-order valence-corrected chi connectivity index (χ2v) is 7.16. The minimum atomic E-state index is -2.96. The van der Waals surface area contributed by atoms with Crippen LogP contribution in [-0.4, -0.2) is 55.9 Å². The van der Waals surface area contributed by atoms with Gasteiger partial charge in [-0.15, -0.1) is 0 Å². The molecular weight excluding hydrogens is 228 g/mol. The molecule has 2 atom stereocenters. The van der Waals surface area contributed by atoms with Crippen LogP contribution in [-0.2, 0) is 14.6 Å². The third-order valence-corrected chi connectivity index (χ3v) is 5.41. The minimum Gasteiger partial charge on any atom is -0.336 e. The highest BCUT2D eigenvalue weighted by molar-refractivity contribution is 7.91. The van der Waals surface area contributed by atoms with Gasteiger partial charge in [-0.05, 0) is 12.8 Å². The van der Waals surface area contributed by atoms with Gasteiger partial charge in [-0.2, -0.15) is 0 Å². The maximum atomic E-state index is 12.0. The van der Waals surface area contributed by atoms with Crippen LogP contribution in [0.25, 0.3) is 0 Å². The number of fused-ring (bicyclic) bond motifs is 1. The topological polar surface area (TPSA) is 66.5 Å². The molecule has 5 nitrogen and oxygen atoms in total. The Morgan fingerprint density at radius 3 is 2.69 bits per heavy atom. The first-order chi connectivity index (χ1) is 7.57. The summed E-state index contributed by atoms with van der Waals surface area (Å²) >= 11 is 0. The highest BCUT2D eigenvalue weighted by Crippen LogP contribution is 2.33. The molecule has 0 aromatic carbocycles. The summed E-state index contributed by atoms with van der Waals surface area (Å²) in [6.07, 6.45) is 1.96. The van der Waals surface area contributed by atoms with Crippen molar-refractivity contribution in [2.24, 2.45) is 5.92 Å². The molecule has 6 heteroatoms. The molecule has 0 spiro atoms. The molecule has 2 heterocycles. The lowest BCUT2D eigenvalue weighted by atomic mass is 10.1. The smallest absolute Gasteiger partial charge is 0.226 e. The lowest BCUT2D eigenvalue weighted by molar-refractivity contribution is -0.135. The van der Waals surface area contributed by atoms with Crippen LogP contribution in [0.1, 0.15) is 12.8 Å². The van der Waals surface area contributed by atoms with Crippen molar-refractivity contribution in [2.45, 2.75) is 24.9 Å². The Bertz CT molecular complexity index is 416. The molecule has 1 saturated carbocycles. The molecule has 3 aliphatic rings. The van der Waals surface area contributed by atoms with Crippen molar-refractivity contribution in [1.82, 2.24) is 10.2 Å². The first kappa shape index (κ1) is 10.5. The van der Waals surface area contributed by atoms with Crippen molar-refractivity contribution in [3.05, 3.63) is 0 Å². The van der Waals surface area contributed by atoms with E-state index in [0.717, 1.165) is 19.4 Å². The molecule has 3 rings (SSSR count). The summed E-state index contributed by atoms with van der Waals surface area (Å²) in [4.78, 5) is 13.8. The van der Waals surface area contributed by atoms with Gasteiger partial charge in [-0.3, -0.25) is 4.79 Å². The van der Waals surface area contributed by atoms with Crippen molar-refractivity contribution in [3.8, 4) is 0 Å². The fourth-order valence-electron chi connectivity index (χ4n) is 2.71. The molecule has 1 aliphatic carbocycles. The normalized spacial score (nSPS) is 37.1. The SMILES string of the molecule is O=C(C1CC1)N1CCNC2CS(=O)(=O)CC21. The van der Waals surface area contributed by atoms with Crippen molar-refractivity contribution in [3.63, 3.8) is 0 Å². The van der Waals surface area contributed by atoms with Gasteiger partial charge in [0.2, 0.25) is 5.91 Å². The molecule has 0 aromatic rings.